The zero-order chi connectivity index (χ0) is 29.5. The van der Waals surface area contributed by atoms with Gasteiger partial charge < -0.3 is 0 Å². The van der Waals surface area contributed by atoms with Crippen LogP contribution in [0, 0.1) is 24.7 Å². The van der Waals surface area contributed by atoms with E-state index in [9.17, 15) is 9.59 Å². The minimum absolute atomic E-state index is 0.0487. The predicted molar refractivity (Wildman–Crippen MR) is 175 cm³/mol. The molecule has 0 spiro atoms. The fourth-order valence-corrected chi connectivity index (χ4v) is 9.89. The third-order valence-corrected chi connectivity index (χ3v) is 11.4. The van der Waals surface area contributed by atoms with Crippen molar-refractivity contribution < 1.29 is 4.79 Å². The number of amides is 1. The Morgan fingerprint density at radius 3 is 2.09 bits per heavy atom. The predicted octanol–water partition coefficient (Wildman–Crippen LogP) is 6.54. The average Bonchev–Trinajstić information content (AvgIpc) is 3.61. The lowest BCUT2D eigenvalue weighted by molar-refractivity contribution is -0.113. The second kappa shape index (κ2) is 9.92. The van der Waals surface area contributed by atoms with E-state index >= 15 is 0 Å². The highest BCUT2D eigenvalue weighted by atomic mass is 32.2. The number of carbonyl (C=O) groups excluding carboxylic acids is 1. The molecule has 0 N–H and O–H groups in total. The van der Waals surface area contributed by atoms with Gasteiger partial charge in [-0.05, 0) is 93.5 Å². The van der Waals surface area contributed by atoms with E-state index in [2.05, 4.69) is 18.3 Å². The molecule has 9 rings (SSSR count). The van der Waals surface area contributed by atoms with Crippen LogP contribution in [-0.2, 0) is 17.3 Å². The van der Waals surface area contributed by atoms with Gasteiger partial charge in [0.05, 0.1) is 27.7 Å². The molecule has 0 radical (unpaired) electrons. The summed E-state index contributed by atoms with van der Waals surface area (Å²) in [4.78, 5) is 29.8. The lowest BCUT2D eigenvalue weighted by atomic mass is 9.48. The summed E-state index contributed by atoms with van der Waals surface area (Å²) >= 11 is 7.03. The highest BCUT2D eigenvalue weighted by Crippen LogP contribution is 2.61. The van der Waals surface area contributed by atoms with Gasteiger partial charge in [0.15, 0.2) is 4.32 Å². The molecule has 4 aliphatic carbocycles. The van der Waals surface area contributed by atoms with Crippen LogP contribution in [0.1, 0.15) is 55.5 Å². The van der Waals surface area contributed by atoms with Crippen LogP contribution in [0.15, 0.2) is 76.6 Å². The number of benzene rings is 2. The van der Waals surface area contributed by atoms with E-state index in [1.165, 1.54) is 55.2 Å². The summed E-state index contributed by atoms with van der Waals surface area (Å²) in [6, 6.07) is 19.6. The van der Waals surface area contributed by atoms with Crippen LogP contribution in [0.25, 0.3) is 17.5 Å². The minimum atomic E-state index is -0.269. The Morgan fingerprint density at radius 2 is 1.49 bits per heavy atom. The maximum Gasteiger partial charge on any atom is 0.296 e. The highest BCUT2D eigenvalue weighted by molar-refractivity contribution is 8.27. The summed E-state index contributed by atoms with van der Waals surface area (Å²) in [6.45, 7) is 1.85. The molecule has 0 unspecified atom stereocenters. The molecule has 1 amide bonds. The van der Waals surface area contributed by atoms with Gasteiger partial charge >= 0.3 is 0 Å². The monoisotopic (exact) mass is 607 g/mol. The molecule has 4 bridgehead atoms. The summed E-state index contributed by atoms with van der Waals surface area (Å²) in [6.07, 6.45) is 11.6. The van der Waals surface area contributed by atoms with Crippen LogP contribution < -0.4 is 10.5 Å². The maximum atomic E-state index is 14.1. The van der Waals surface area contributed by atoms with Crippen molar-refractivity contribution in [1.82, 2.24) is 19.1 Å². The Kier molecular flexibility index (Phi) is 6.21. The normalized spacial score (nSPS) is 27.2. The Balaban J connectivity index is 1.21. The van der Waals surface area contributed by atoms with Gasteiger partial charge in [-0.1, -0.05) is 60.4 Å². The van der Waals surface area contributed by atoms with Crippen molar-refractivity contribution in [3.63, 3.8) is 0 Å². The van der Waals surface area contributed by atoms with E-state index in [1.807, 2.05) is 73.3 Å². The lowest BCUT2D eigenvalue weighted by Gasteiger charge is -2.56. The van der Waals surface area contributed by atoms with Gasteiger partial charge in [0, 0.05) is 24.2 Å². The SMILES string of the molecule is Cc1c(N2C(=O)/C(=C/c3cn(-c4ccccc4)nc3C34CC5CC(CC(C5)C3)C4)SC2=S)c(=O)n(-c2ccccc2)n1C. The fourth-order valence-electron chi connectivity index (χ4n) is 8.63. The molecular weight excluding hydrogens is 575 g/mol. The van der Waals surface area contributed by atoms with E-state index in [-0.39, 0.29) is 16.9 Å². The Labute approximate surface area is 260 Å². The van der Waals surface area contributed by atoms with Crippen LogP contribution in [-0.4, -0.2) is 29.4 Å². The molecule has 4 saturated carbocycles. The first-order valence-corrected chi connectivity index (χ1v) is 16.3. The number of anilines is 1. The van der Waals surface area contributed by atoms with E-state index in [4.69, 9.17) is 17.3 Å². The third-order valence-electron chi connectivity index (χ3n) is 10.1. The lowest BCUT2D eigenvalue weighted by Crippen LogP contribution is -2.49. The third kappa shape index (κ3) is 4.23. The quantitative estimate of drug-likeness (QED) is 0.190. The smallest absolute Gasteiger partial charge is 0.283 e. The molecule has 2 aromatic carbocycles. The molecule has 2 aromatic heterocycles. The number of carbonyl (C=O) groups is 1. The number of aromatic nitrogens is 4. The molecule has 43 heavy (non-hydrogen) atoms. The van der Waals surface area contributed by atoms with E-state index in [0.29, 0.717) is 20.6 Å². The summed E-state index contributed by atoms with van der Waals surface area (Å²) in [5.41, 5.74) is 4.60. The number of hydrogen-bond donors (Lipinski definition) is 0. The molecular formula is C34H33N5O2S2. The molecule has 4 aromatic rings. The van der Waals surface area contributed by atoms with Crippen molar-refractivity contribution in [2.45, 2.75) is 50.9 Å². The van der Waals surface area contributed by atoms with E-state index < -0.39 is 0 Å². The standard InChI is InChI=1S/C34H33N5O2S2/c1-21-29(32(41)39(36(21)2)27-11-7-4-8-12-27)38-31(40)28(43-33(38)42)16-25-20-37(26-9-5-3-6-10-26)35-30(25)34-17-22-13-23(18-34)15-24(14-22)19-34/h3-12,16,20,22-24H,13-15,17-19H2,1-2H3/b28-16-. The maximum absolute atomic E-state index is 14.1. The number of rotatable bonds is 5. The molecule has 3 heterocycles. The molecule has 5 aliphatic rings. The summed E-state index contributed by atoms with van der Waals surface area (Å²) in [5, 5.41) is 5.26. The van der Waals surface area contributed by atoms with Gasteiger partial charge in [0.1, 0.15) is 5.69 Å². The van der Waals surface area contributed by atoms with E-state index in [1.54, 1.807) is 9.36 Å². The number of hydrogen-bond acceptors (Lipinski definition) is 5. The molecule has 218 valence electrons. The Morgan fingerprint density at radius 1 is 0.907 bits per heavy atom. The number of para-hydroxylation sites is 2. The molecule has 1 aliphatic heterocycles. The average molecular weight is 608 g/mol. The zero-order valence-electron chi connectivity index (χ0n) is 24.3. The van der Waals surface area contributed by atoms with Crippen LogP contribution in [0.2, 0.25) is 0 Å². The molecule has 1 saturated heterocycles. The minimum Gasteiger partial charge on any atom is -0.283 e. The first-order chi connectivity index (χ1) is 20.8. The van der Waals surface area contributed by atoms with Gasteiger partial charge in [-0.15, -0.1) is 0 Å². The molecule has 7 nitrogen and oxygen atoms in total. The van der Waals surface area contributed by atoms with Crippen molar-refractivity contribution in [1.29, 1.82) is 0 Å². The zero-order valence-corrected chi connectivity index (χ0v) is 25.9. The first-order valence-electron chi connectivity index (χ1n) is 15.1. The second-order valence-corrected chi connectivity index (χ2v) is 14.5. The number of nitrogens with zero attached hydrogens (tertiary/aromatic N) is 5. The summed E-state index contributed by atoms with van der Waals surface area (Å²) in [5.74, 6) is 2.05. The topological polar surface area (TPSA) is 65.1 Å². The van der Waals surface area contributed by atoms with Gasteiger partial charge in [-0.2, -0.15) is 5.10 Å². The summed E-state index contributed by atoms with van der Waals surface area (Å²) < 4.78 is 5.71. The largest absolute Gasteiger partial charge is 0.296 e. The van der Waals surface area contributed by atoms with Gasteiger partial charge in [-0.25, -0.2) is 9.36 Å². The van der Waals surface area contributed by atoms with Crippen molar-refractivity contribution in [2.75, 3.05) is 4.90 Å². The van der Waals surface area contributed by atoms with E-state index in [0.717, 1.165) is 40.4 Å². The summed E-state index contributed by atoms with van der Waals surface area (Å²) in [7, 11) is 1.83. The van der Waals surface area contributed by atoms with Crippen LogP contribution >= 0.6 is 24.0 Å². The number of thioether (sulfide) groups is 1. The van der Waals surface area contributed by atoms with Crippen molar-refractivity contribution in [3.8, 4) is 11.4 Å². The first kappa shape index (κ1) is 26.9. The van der Waals surface area contributed by atoms with Crippen LogP contribution in [0.3, 0.4) is 0 Å². The van der Waals surface area contributed by atoms with Crippen molar-refractivity contribution >= 4 is 46.0 Å². The number of thiocarbonyl (C=S) groups is 1. The van der Waals surface area contributed by atoms with Gasteiger partial charge in [0.2, 0.25) is 0 Å². The fraction of sp³-hybridized carbons (Fsp3) is 0.353. The van der Waals surface area contributed by atoms with Crippen molar-refractivity contribution in [3.05, 3.63) is 99.1 Å². The molecule has 5 fully saturated rings. The van der Waals surface area contributed by atoms with Crippen molar-refractivity contribution in [2.24, 2.45) is 24.8 Å². The Hall–Kier alpha value is -3.69. The second-order valence-electron chi connectivity index (χ2n) is 12.8. The van der Waals surface area contributed by atoms with Crippen LogP contribution in [0.4, 0.5) is 5.69 Å². The molecule has 9 heteroatoms. The van der Waals surface area contributed by atoms with Gasteiger partial charge in [0.25, 0.3) is 11.5 Å². The van der Waals surface area contributed by atoms with Gasteiger partial charge in [-0.3, -0.25) is 19.2 Å². The Bertz CT molecular complexity index is 1830. The van der Waals surface area contributed by atoms with Crippen LogP contribution in [0.5, 0.6) is 0 Å². The highest BCUT2D eigenvalue weighted by Gasteiger charge is 2.53. The molecule has 0 atom stereocenters.